The maximum atomic E-state index is 12.0. The maximum absolute atomic E-state index is 12.0. The van der Waals surface area contributed by atoms with Gasteiger partial charge in [-0.15, -0.1) is 0 Å². The number of aromatic nitrogens is 1. The molecule has 0 aliphatic heterocycles. The quantitative estimate of drug-likeness (QED) is 0.809. The molecular weight excluding hydrogens is 226 g/mol. The lowest BCUT2D eigenvalue weighted by Gasteiger charge is -2.23. The van der Waals surface area contributed by atoms with Crippen molar-refractivity contribution in [2.45, 2.75) is 19.4 Å². The number of halogens is 1. The van der Waals surface area contributed by atoms with Crippen LogP contribution in [0.25, 0.3) is 0 Å². The predicted molar refractivity (Wildman–Crippen MR) is 61.0 cm³/mol. The maximum Gasteiger partial charge on any atom is 0.256 e. The van der Waals surface area contributed by atoms with Gasteiger partial charge in [0.15, 0.2) is 0 Å². The van der Waals surface area contributed by atoms with Crippen LogP contribution in [-0.2, 0) is 0 Å². The third kappa shape index (κ3) is 2.71. The van der Waals surface area contributed by atoms with E-state index in [0.717, 1.165) is 0 Å². The van der Waals surface area contributed by atoms with E-state index < -0.39 is 0 Å². The Labute approximate surface area is 99.5 Å². The molecule has 0 fully saturated rings. The summed E-state index contributed by atoms with van der Waals surface area (Å²) in [6.07, 6.45) is 3.25. The minimum atomic E-state index is -0.221. The Morgan fingerprint density at radius 1 is 1.75 bits per heavy atom. The van der Waals surface area contributed by atoms with Crippen LogP contribution in [0.15, 0.2) is 18.5 Å². The standard InChI is InChI=1S/C11H12ClN3O/c1-8(3-5-13)15(2)11(16)9-7-14-6-4-10(9)12/h4,6-8H,3H2,1-2H3. The molecule has 4 nitrogen and oxygen atoms in total. The number of pyridine rings is 1. The summed E-state index contributed by atoms with van der Waals surface area (Å²) < 4.78 is 0. The van der Waals surface area contributed by atoms with Crippen molar-refractivity contribution >= 4 is 17.5 Å². The Bertz CT molecular complexity index is 427. The summed E-state index contributed by atoms with van der Waals surface area (Å²) in [5, 5.41) is 8.94. The molecule has 0 aliphatic rings. The average Bonchev–Trinajstić information content (AvgIpc) is 2.28. The molecule has 1 amide bonds. The molecule has 0 radical (unpaired) electrons. The van der Waals surface area contributed by atoms with Gasteiger partial charge in [-0.3, -0.25) is 9.78 Å². The summed E-state index contributed by atoms with van der Waals surface area (Å²) in [4.78, 5) is 17.3. The van der Waals surface area contributed by atoms with Gasteiger partial charge in [0.1, 0.15) is 0 Å². The average molecular weight is 238 g/mol. The lowest BCUT2D eigenvalue weighted by atomic mass is 10.2. The second-order valence-corrected chi connectivity index (χ2v) is 3.89. The fraction of sp³-hybridized carbons (Fsp3) is 0.364. The molecule has 1 aromatic rings. The molecule has 5 heteroatoms. The molecule has 1 atom stereocenters. The Morgan fingerprint density at radius 2 is 2.44 bits per heavy atom. The van der Waals surface area contributed by atoms with E-state index in [-0.39, 0.29) is 11.9 Å². The van der Waals surface area contributed by atoms with E-state index in [4.69, 9.17) is 16.9 Å². The van der Waals surface area contributed by atoms with Crippen LogP contribution in [0.2, 0.25) is 5.02 Å². The number of carbonyl (C=O) groups is 1. The summed E-state index contributed by atoms with van der Waals surface area (Å²) in [5.41, 5.74) is 0.358. The Kier molecular flexibility index (Phi) is 4.27. The number of rotatable bonds is 3. The van der Waals surface area contributed by atoms with Gasteiger partial charge in [-0.1, -0.05) is 11.6 Å². The molecular formula is C11H12ClN3O. The van der Waals surface area contributed by atoms with Gasteiger partial charge in [0, 0.05) is 25.5 Å². The first kappa shape index (κ1) is 12.5. The van der Waals surface area contributed by atoms with Gasteiger partial charge in [0.05, 0.1) is 23.1 Å². The zero-order valence-electron chi connectivity index (χ0n) is 9.14. The Morgan fingerprint density at radius 3 is 3.00 bits per heavy atom. The molecule has 1 unspecified atom stereocenters. The second-order valence-electron chi connectivity index (χ2n) is 3.48. The Balaban J connectivity index is 2.87. The van der Waals surface area contributed by atoms with E-state index in [2.05, 4.69) is 4.98 Å². The molecule has 1 rings (SSSR count). The van der Waals surface area contributed by atoms with Crippen molar-refractivity contribution in [1.82, 2.24) is 9.88 Å². The molecule has 0 bridgehead atoms. The molecule has 1 heterocycles. The topological polar surface area (TPSA) is 57.0 Å². The number of hydrogen-bond donors (Lipinski definition) is 0. The van der Waals surface area contributed by atoms with E-state index in [0.29, 0.717) is 17.0 Å². The fourth-order valence-corrected chi connectivity index (χ4v) is 1.38. The molecule has 0 saturated heterocycles. The van der Waals surface area contributed by atoms with Crippen molar-refractivity contribution in [3.05, 3.63) is 29.0 Å². The monoisotopic (exact) mass is 237 g/mol. The van der Waals surface area contributed by atoms with Gasteiger partial charge in [0.25, 0.3) is 5.91 Å². The van der Waals surface area contributed by atoms with Gasteiger partial charge in [-0.25, -0.2) is 0 Å². The fourth-order valence-electron chi connectivity index (χ4n) is 1.19. The van der Waals surface area contributed by atoms with Crippen LogP contribution < -0.4 is 0 Å². The number of amides is 1. The third-order valence-corrected chi connectivity index (χ3v) is 2.70. The predicted octanol–water partition coefficient (Wildman–Crippen LogP) is 2.11. The van der Waals surface area contributed by atoms with Crippen LogP contribution >= 0.6 is 11.6 Å². The van der Waals surface area contributed by atoms with Crippen molar-refractivity contribution in [2.24, 2.45) is 0 Å². The first-order chi connectivity index (χ1) is 7.57. The smallest absolute Gasteiger partial charge is 0.256 e. The van der Waals surface area contributed by atoms with Crippen molar-refractivity contribution in [1.29, 1.82) is 5.26 Å². The van der Waals surface area contributed by atoms with E-state index in [1.165, 1.54) is 17.3 Å². The summed E-state index contributed by atoms with van der Waals surface area (Å²) >= 11 is 5.89. The molecule has 84 valence electrons. The summed E-state index contributed by atoms with van der Waals surface area (Å²) in [7, 11) is 1.65. The largest absolute Gasteiger partial charge is 0.338 e. The lowest BCUT2D eigenvalue weighted by Crippen LogP contribution is -2.35. The zero-order chi connectivity index (χ0) is 12.1. The van der Waals surface area contributed by atoms with Crippen molar-refractivity contribution in [2.75, 3.05) is 7.05 Å². The molecule has 0 saturated carbocycles. The normalized spacial score (nSPS) is 11.6. The van der Waals surface area contributed by atoms with Crippen molar-refractivity contribution in [3.8, 4) is 6.07 Å². The van der Waals surface area contributed by atoms with Crippen LogP contribution in [0.5, 0.6) is 0 Å². The minimum absolute atomic E-state index is 0.145. The second kappa shape index (κ2) is 5.47. The minimum Gasteiger partial charge on any atom is -0.338 e. The third-order valence-electron chi connectivity index (χ3n) is 2.37. The first-order valence-corrected chi connectivity index (χ1v) is 5.19. The van der Waals surface area contributed by atoms with Crippen LogP contribution in [0, 0.1) is 11.3 Å². The van der Waals surface area contributed by atoms with E-state index >= 15 is 0 Å². The summed E-state index contributed by atoms with van der Waals surface area (Å²) in [5.74, 6) is -0.221. The Hall–Kier alpha value is -1.60. The van der Waals surface area contributed by atoms with E-state index in [1.54, 1.807) is 13.1 Å². The summed E-state index contributed by atoms with van der Waals surface area (Å²) in [6, 6.07) is 3.45. The van der Waals surface area contributed by atoms with E-state index in [1.807, 2.05) is 13.0 Å². The van der Waals surface area contributed by atoms with Gasteiger partial charge in [0.2, 0.25) is 0 Å². The highest BCUT2D eigenvalue weighted by Crippen LogP contribution is 2.16. The summed E-state index contributed by atoms with van der Waals surface area (Å²) in [6.45, 7) is 1.81. The van der Waals surface area contributed by atoms with Crippen LogP contribution in [0.3, 0.4) is 0 Å². The van der Waals surface area contributed by atoms with E-state index in [9.17, 15) is 4.79 Å². The van der Waals surface area contributed by atoms with Crippen LogP contribution in [0.4, 0.5) is 0 Å². The molecule has 1 aromatic heterocycles. The van der Waals surface area contributed by atoms with Crippen LogP contribution in [0.1, 0.15) is 23.7 Å². The SMILES string of the molecule is CC(CC#N)N(C)C(=O)c1cnccc1Cl. The van der Waals surface area contributed by atoms with Crippen molar-refractivity contribution in [3.63, 3.8) is 0 Å². The van der Waals surface area contributed by atoms with Crippen LogP contribution in [-0.4, -0.2) is 28.9 Å². The van der Waals surface area contributed by atoms with Gasteiger partial charge in [-0.2, -0.15) is 5.26 Å². The van der Waals surface area contributed by atoms with Gasteiger partial charge in [-0.05, 0) is 13.0 Å². The molecule has 0 aromatic carbocycles. The highest BCUT2D eigenvalue weighted by Gasteiger charge is 2.19. The highest BCUT2D eigenvalue weighted by atomic mass is 35.5. The number of nitrogens with zero attached hydrogens (tertiary/aromatic N) is 3. The molecule has 0 spiro atoms. The molecule has 0 N–H and O–H groups in total. The number of carbonyl (C=O) groups excluding carboxylic acids is 1. The number of hydrogen-bond acceptors (Lipinski definition) is 3. The highest BCUT2D eigenvalue weighted by molar-refractivity contribution is 6.33. The molecule has 16 heavy (non-hydrogen) atoms. The van der Waals surface area contributed by atoms with Gasteiger partial charge < -0.3 is 4.90 Å². The van der Waals surface area contributed by atoms with Gasteiger partial charge >= 0.3 is 0 Å². The van der Waals surface area contributed by atoms with Crippen molar-refractivity contribution < 1.29 is 4.79 Å². The first-order valence-electron chi connectivity index (χ1n) is 4.81. The lowest BCUT2D eigenvalue weighted by molar-refractivity contribution is 0.0746. The number of nitriles is 1. The molecule has 0 aliphatic carbocycles. The zero-order valence-corrected chi connectivity index (χ0v) is 9.90.